The lowest BCUT2D eigenvalue weighted by atomic mass is 9.90. The Bertz CT molecular complexity index is 1520. The fraction of sp³-hybridized carbons (Fsp3) is 0.226. The molecule has 2 heterocycles. The van der Waals surface area contributed by atoms with Crippen LogP contribution in [0.25, 0.3) is 33.4 Å². The molecule has 0 aliphatic rings. The van der Waals surface area contributed by atoms with E-state index in [1.165, 1.54) is 40.8 Å². The van der Waals surface area contributed by atoms with Gasteiger partial charge in [0.05, 0.1) is 5.02 Å². The van der Waals surface area contributed by atoms with E-state index in [4.69, 9.17) is 42.0 Å². The maximum absolute atomic E-state index is 12.4. The summed E-state index contributed by atoms with van der Waals surface area (Å²) in [4.78, 5) is 33.3. The van der Waals surface area contributed by atoms with Crippen molar-refractivity contribution in [2.75, 3.05) is 28.4 Å². The van der Waals surface area contributed by atoms with E-state index < -0.39 is 24.4 Å². The van der Waals surface area contributed by atoms with Crippen LogP contribution < -0.4 is 11.5 Å². The molecule has 0 aliphatic heterocycles. The number of aromatic nitrogens is 2. The molecule has 42 heavy (non-hydrogen) atoms. The number of hydrogen-bond donors (Lipinski definition) is 2. The Kier molecular flexibility index (Phi) is 9.66. The van der Waals surface area contributed by atoms with E-state index in [1.54, 1.807) is 18.2 Å². The monoisotopic (exact) mass is 590 g/mol. The highest BCUT2D eigenvalue weighted by atomic mass is 35.5. The Labute approximate surface area is 248 Å². The molecule has 0 fully saturated rings. The van der Waals surface area contributed by atoms with Crippen LogP contribution in [-0.4, -0.2) is 50.2 Å². The maximum Gasteiger partial charge on any atom is 0.267 e. The molecule has 218 valence electrons. The molecule has 2 aromatic carbocycles. The van der Waals surface area contributed by atoms with Crippen molar-refractivity contribution in [1.82, 2.24) is 9.97 Å². The molecule has 0 atom stereocenters. The summed E-state index contributed by atoms with van der Waals surface area (Å²) in [5, 5.41) is 0.367. The van der Waals surface area contributed by atoms with E-state index >= 15 is 0 Å². The minimum absolute atomic E-state index is 0.0501. The number of primary amides is 2. The Morgan fingerprint density at radius 3 is 1.43 bits per heavy atom. The third-order valence-corrected chi connectivity index (χ3v) is 7.30. The summed E-state index contributed by atoms with van der Waals surface area (Å²) in [5.41, 5.74) is 17.2. The minimum atomic E-state index is -0.710. The number of carbonyl (C=O) groups excluding carboxylic acids is 2. The third-order valence-electron chi connectivity index (χ3n) is 6.89. The maximum atomic E-state index is 12.4. The van der Waals surface area contributed by atoms with Crippen molar-refractivity contribution in [3.05, 3.63) is 94.0 Å². The molecule has 0 radical (unpaired) electrons. The summed E-state index contributed by atoms with van der Waals surface area (Å²) in [5.74, 6) is -1.39. The predicted molar refractivity (Wildman–Crippen MR) is 159 cm³/mol. The summed E-state index contributed by atoms with van der Waals surface area (Å²) in [7, 11) is 6.02. The zero-order valence-electron chi connectivity index (χ0n) is 23.8. The zero-order chi connectivity index (χ0) is 30.6. The largest absolute Gasteiger partial charge is 0.364 e. The number of pyridine rings is 2. The van der Waals surface area contributed by atoms with Gasteiger partial charge in [0.1, 0.15) is 11.4 Å². The van der Waals surface area contributed by atoms with Gasteiger partial charge in [-0.05, 0) is 35.7 Å². The SMILES string of the molecule is COC(OC)c1cnc(C(N)=O)c(-c2cccc(-c3cccc(-c4cc(C(OC)OC)cnc4C(N)=O)c3Cl)c2C)c1. The first kappa shape index (κ1) is 30.8. The van der Waals surface area contributed by atoms with Gasteiger partial charge in [0.25, 0.3) is 11.8 Å². The zero-order valence-corrected chi connectivity index (χ0v) is 24.6. The molecule has 11 heteroatoms. The number of nitrogens with zero attached hydrogens (tertiary/aromatic N) is 2. The number of carbonyl (C=O) groups is 2. The first-order valence-corrected chi connectivity index (χ1v) is 13.1. The second kappa shape index (κ2) is 13.2. The van der Waals surface area contributed by atoms with Crippen LogP contribution in [0, 0.1) is 6.92 Å². The Morgan fingerprint density at radius 2 is 1.02 bits per heavy atom. The predicted octanol–water partition coefficient (Wildman–Crippen LogP) is 5.22. The van der Waals surface area contributed by atoms with Gasteiger partial charge in [-0.2, -0.15) is 0 Å². The number of ether oxygens (including phenoxy) is 4. The lowest BCUT2D eigenvalue weighted by molar-refractivity contribution is -0.106. The van der Waals surface area contributed by atoms with E-state index in [0.717, 1.165) is 11.1 Å². The lowest BCUT2D eigenvalue weighted by Crippen LogP contribution is -2.16. The molecular formula is C31H31ClN4O6. The third kappa shape index (κ3) is 5.89. The van der Waals surface area contributed by atoms with E-state index in [9.17, 15) is 9.59 Å². The molecular weight excluding hydrogens is 560 g/mol. The molecule has 0 saturated heterocycles. The van der Waals surface area contributed by atoms with Crippen LogP contribution in [0.3, 0.4) is 0 Å². The van der Waals surface area contributed by atoms with Crippen LogP contribution in [0.1, 0.15) is 50.2 Å². The lowest BCUT2D eigenvalue weighted by Gasteiger charge is -2.19. The molecule has 2 amide bonds. The van der Waals surface area contributed by atoms with E-state index in [2.05, 4.69) is 9.97 Å². The fourth-order valence-corrected chi connectivity index (χ4v) is 5.26. The van der Waals surface area contributed by atoms with E-state index in [0.29, 0.717) is 44.0 Å². The summed E-state index contributed by atoms with van der Waals surface area (Å²) in [6.07, 6.45) is 1.57. The van der Waals surface area contributed by atoms with E-state index in [-0.39, 0.29) is 11.4 Å². The van der Waals surface area contributed by atoms with E-state index in [1.807, 2.05) is 37.3 Å². The molecule has 4 N–H and O–H groups in total. The summed E-state index contributed by atoms with van der Waals surface area (Å²) >= 11 is 7.05. The van der Waals surface area contributed by atoms with Gasteiger partial charge in [-0.25, -0.2) is 9.97 Å². The number of benzene rings is 2. The first-order chi connectivity index (χ1) is 20.2. The Morgan fingerprint density at radius 1 is 0.667 bits per heavy atom. The molecule has 2 aromatic heterocycles. The molecule has 0 aliphatic carbocycles. The smallest absolute Gasteiger partial charge is 0.267 e. The molecule has 0 spiro atoms. The van der Waals surface area contributed by atoms with Crippen molar-refractivity contribution < 1.29 is 28.5 Å². The molecule has 4 aromatic rings. The highest BCUT2D eigenvalue weighted by Crippen LogP contribution is 2.41. The Balaban J connectivity index is 1.92. The van der Waals surface area contributed by atoms with Crippen molar-refractivity contribution >= 4 is 23.4 Å². The van der Waals surface area contributed by atoms with Crippen LogP contribution in [0.5, 0.6) is 0 Å². The number of rotatable bonds is 11. The van der Waals surface area contributed by atoms with Crippen LogP contribution in [0.2, 0.25) is 5.02 Å². The number of nitrogens with two attached hydrogens (primary N) is 2. The van der Waals surface area contributed by atoms with Crippen molar-refractivity contribution in [3.8, 4) is 33.4 Å². The summed E-state index contributed by atoms with van der Waals surface area (Å²) in [6, 6.07) is 14.6. The highest BCUT2D eigenvalue weighted by molar-refractivity contribution is 6.36. The van der Waals surface area contributed by atoms with Crippen LogP contribution in [0.4, 0.5) is 0 Å². The minimum Gasteiger partial charge on any atom is -0.364 e. The quantitative estimate of drug-likeness (QED) is 0.226. The van der Waals surface area contributed by atoms with Gasteiger partial charge in [-0.15, -0.1) is 0 Å². The molecule has 10 nitrogen and oxygen atoms in total. The number of hydrogen-bond acceptors (Lipinski definition) is 8. The van der Waals surface area contributed by atoms with Crippen molar-refractivity contribution in [3.63, 3.8) is 0 Å². The van der Waals surface area contributed by atoms with Crippen molar-refractivity contribution in [2.24, 2.45) is 11.5 Å². The van der Waals surface area contributed by atoms with Gasteiger partial charge in [-0.3, -0.25) is 9.59 Å². The molecule has 0 saturated carbocycles. The summed E-state index contributed by atoms with van der Waals surface area (Å²) in [6.45, 7) is 1.91. The van der Waals surface area contributed by atoms with Crippen LogP contribution in [-0.2, 0) is 18.9 Å². The normalized spacial score (nSPS) is 11.3. The van der Waals surface area contributed by atoms with Crippen LogP contribution in [0.15, 0.2) is 60.9 Å². The molecule has 0 bridgehead atoms. The second-order valence-corrected chi connectivity index (χ2v) is 9.69. The van der Waals surface area contributed by atoms with Gasteiger partial charge in [0.15, 0.2) is 12.6 Å². The average Bonchev–Trinajstić information content (AvgIpc) is 2.98. The first-order valence-electron chi connectivity index (χ1n) is 12.8. The topological polar surface area (TPSA) is 149 Å². The molecule has 4 rings (SSSR count). The van der Waals surface area contributed by atoms with Gasteiger partial charge in [0, 0.05) is 74.2 Å². The van der Waals surface area contributed by atoms with Crippen LogP contribution >= 0.6 is 11.6 Å². The van der Waals surface area contributed by atoms with Gasteiger partial charge in [-0.1, -0.05) is 48.0 Å². The number of halogens is 1. The van der Waals surface area contributed by atoms with Crippen molar-refractivity contribution in [2.45, 2.75) is 19.5 Å². The highest BCUT2D eigenvalue weighted by Gasteiger charge is 2.23. The van der Waals surface area contributed by atoms with Gasteiger partial charge in [0.2, 0.25) is 0 Å². The number of methoxy groups -OCH3 is 4. The second-order valence-electron chi connectivity index (χ2n) is 9.31. The van der Waals surface area contributed by atoms with Gasteiger partial charge < -0.3 is 30.4 Å². The fourth-order valence-electron chi connectivity index (χ4n) is 4.93. The number of amides is 2. The standard InChI is InChI=1S/C31H31ClN4O6/c1-16-19(8-6-9-20(16)23-12-17(30(39-2)40-3)14-35-26(23)28(33)37)21-10-7-11-22(25(21)32)24-13-18(31(41-4)42-5)15-36-27(24)29(34)38/h6-15,30-31H,1-5H3,(H2,33,37)(H2,34,38). The van der Waals surface area contributed by atoms with Crippen molar-refractivity contribution in [1.29, 1.82) is 0 Å². The van der Waals surface area contributed by atoms with Gasteiger partial charge >= 0.3 is 0 Å². The average molecular weight is 591 g/mol. The summed E-state index contributed by atoms with van der Waals surface area (Å²) < 4.78 is 21.5. The Hall–Kier alpha value is -4.19. The molecule has 0 unspecified atom stereocenters.